The summed E-state index contributed by atoms with van der Waals surface area (Å²) in [4.78, 5) is 7.23. The molecule has 3 heterocycles. The molecular formula is C20H24N4O2S. The normalized spacial score (nSPS) is 16.9. The standard InChI is InChI=1S/C20H24N4O2S/c1-15-6-7-17(18-14-23-8-4-5-16(2)20(23)21-18)13-19(15)27(25,26)24-11-9-22(3)10-12-24/h4-8,13-14H,9-12H2,1-3H3. The fraction of sp³-hybridized carbons (Fsp3) is 0.350. The van der Waals surface area contributed by atoms with Gasteiger partial charge in [0.25, 0.3) is 0 Å². The Bertz CT molecular complexity index is 1100. The molecule has 4 rings (SSSR count). The minimum Gasteiger partial charge on any atom is -0.306 e. The van der Waals surface area contributed by atoms with Gasteiger partial charge in [0.05, 0.1) is 10.6 Å². The molecule has 0 aliphatic carbocycles. The van der Waals surface area contributed by atoms with E-state index in [1.165, 1.54) is 0 Å². The highest BCUT2D eigenvalue weighted by atomic mass is 32.2. The number of fused-ring (bicyclic) bond motifs is 1. The summed E-state index contributed by atoms with van der Waals surface area (Å²) in [7, 11) is -1.50. The van der Waals surface area contributed by atoms with Crippen molar-refractivity contribution < 1.29 is 8.42 Å². The topological polar surface area (TPSA) is 57.9 Å². The Balaban J connectivity index is 1.76. The molecule has 0 atom stereocenters. The number of hydrogen-bond donors (Lipinski definition) is 0. The van der Waals surface area contributed by atoms with E-state index in [4.69, 9.17) is 4.98 Å². The van der Waals surface area contributed by atoms with Crippen molar-refractivity contribution in [3.63, 3.8) is 0 Å². The van der Waals surface area contributed by atoms with Crippen molar-refractivity contribution >= 4 is 15.7 Å². The molecule has 0 amide bonds. The van der Waals surface area contributed by atoms with Crippen molar-refractivity contribution in [1.82, 2.24) is 18.6 Å². The molecule has 6 nitrogen and oxygen atoms in total. The summed E-state index contributed by atoms with van der Waals surface area (Å²) in [6, 6.07) is 9.57. The number of hydrogen-bond acceptors (Lipinski definition) is 4. The molecule has 0 N–H and O–H groups in total. The molecule has 1 fully saturated rings. The zero-order chi connectivity index (χ0) is 19.2. The van der Waals surface area contributed by atoms with E-state index in [1.807, 2.05) is 62.0 Å². The number of pyridine rings is 1. The molecule has 27 heavy (non-hydrogen) atoms. The van der Waals surface area contributed by atoms with Gasteiger partial charge >= 0.3 is 0 Å². The van der Waals surface area contributed by atoms with Gasteiger partial charge < -0.3 is 9.30 Å². The van der Waals surface area contributed by atoms with Gasteiger partial charge in [0, 0.05) is 44.1 Å². The number of imidazole rings is 1. The predicted molar refractivity (Wildman–Crippen MR) is 106 cm³/mol. The lowest BCUT2D eigenvalue weighted by Gasteiger charge is -2.32. The molecule has 142 valence electrons. The summed E-state index contributed by atoms with van der Waals surface area (Å²) in [6.07, 6.45) is 3.90. The van der Waals surface area contributed by atoms with Gasteiger partial charge in [0.15, 0.2) is 0 Å². The van der Waals surface area contributed by atoms with Crippen LogP contribution in [0.4, 0.5) is 0 Å². The van der Waals surface area contributed by atoms with Crippen molar-refractivity contribution in [3.05, 3.63) is 53.9 Å². The highest BCUT2D eigenvalue weighted by Crippen LogP contribution is 2.28. The maximum Gasteiger partial charge on any atom is 0.243 e. The van der Waals surface area contributed by atoms with Crippen molar-refractivity contribution in [2.75, 3.05) is 33.2 Å². The number of rotatable bonds is 3. The largest absolute Gasteiger partial charge is 0.306 e. The molecule has 0 bridgehead atoms. The van der Waals surface area contributed by atoms with E-state index in [0.29, 0.717) is 18.0 Å². The molecular weight excluding hydrogens is 360 g/mol. The number of sulfonamides is 1. The summed E-state index contributed by atoms with van der Waals surface area (Å²) >= 11 is 0. The van der Waals surface area contributed by atoms with Crippen LogP contribution in [0.1, 0.15) is 11.1 Å². The van der Waals surface area contributed by atoms with Crippen LogP contribution >= 0.6 is 0 Å². The Morgan fingerprint density at radius 2 is 1.74 bits per heavy atom. The zero-order valence-corrected chi connectivity index (χ0v) is 16.7. The van der Waals surface area contributed by atoms with Crippen LogP contribution in [0.2, 0.25) is 0 Å². The fourth-order valence-electron chi connectivity index (χ4n) is 3.50. The van der Waals surface area contributed by atoms with E-state index >= 15 is 0 Å². The minimum atomic E-state index is -3.51. The van der Waals surface area contributed by atoms with Gasteiger partial charge in [0.2, 0.25) is 10.0 Å². The summed E-state index contributed by atoms with van der Waals surface area (Å²) in [5, 5.41) is 0. The Kier molecular flexibility index (Phi) is 4.53. The summed E-state index contributed by atoms with van der Waals surface area (Å²) < 4.78 is 30.0. The first-order chi connectivity index (χ1) is 12.9. The van der Waals surface area contributed by atoms with E-state index in [0.717, 1.165) is 41.1 Å². The molecule has 0 spiro atoms. The number of nitrogens with zero attached hydrogens (tertiary/aromatic N) is 4. The average molecular weight is 385 g/mol. The lowest BCUT2D eigenvalue weighted by Crippen LogP contribution is -2.47. The predicted octanol–water partition coefficient (Wildman–Crippen LogP) is 2.55. The molecule has 7 heteroatoms. The molecule has 3 aromatic rings. The first-order valence-electron chi connectivity index (χ1n) is 9.10. The highest BCUT2D eigenvalue weighted by Gasteiger charge is 2.29. The second-order valence-electron chi connectivity index (χ2n) is 7.24. The third kappa shape index (κ3) is 3.26. The van der Waals surface area contributed by atoms with Crippen LogP contribution in [0.3, 0.4) is 0 Å². The number of piperazine rings is 1. The first-order valence-corrected chi connectivity index (χ1v) is 10.5. The third-order valence-corrected chi connectivity index (χ3v) is 7.28. The number of aryl methyl sites for hydroxylation is 2. The van der Waals surface area contributed by atoms with Crippen molar-refractivity contribution in [2.24, 2.45) is 0 Å². The smallest absolute Gasteiger partial charge is 0.243 e. The van der Waals surface area contributed by atoms with Crippen LogP contribution in [-0.2, 0) is 10.0 Å². The van der Waals surface area contributed by atoms with Gasteiger partial charge in [-0.15, -0.1) is 0 Å². The summed E-state index contributed by atoms with van der Waals surface area (Å²) in [6.45, 7) is 6.42. The van der Waals surface area contributed by atoms with E-state index in [1.54, 1.807) is 10.4 Å². The molecule has 1 aliphatic heterocycles. The Morgan fingerprint density at radius 1 is 1.00 bits per heavy atom. The Labute approximate surface area is 160 Å². The maximum atomic E-state index is 13.2. The van der Waals surface area contributed by atoms with Crippen molar-refractivity contribution in [1.29, 1.82) is 0 Å². The quantitative estimate of drug-likeness (QED) is 0.696. The molecule has 1 aliphatic rings. The number of aromatic nitrogens is 2. The third-order valence-electron chi connectivity index (χ3n) is 5.24. The second kappa shape index (κ2) is 6.74. The first kappa shape index (κ1) is 18.2. The zero-order valence-electron chi connectivity index (χ0n) is 15.9. The minimum absolute atomic E-state index is 0.373. The maximum absolute atomic E-state index is 13.2. The number of benzene rings is 1. The van der Waals surface area contributed by atoms with Crippen molar-refractivity contribution in [3.8, 4) is 11.3 Å². The summed E-state index contributed by atoms with van der Waals surface area (Å²) in [5.41, 5.74) is 4.32. The van der Waals surface area contributed by atoms with Gasteiger partial charge in [-0.1, -0.05) is 18.2 Å². The van der Waals surface area contributed by atoms with Gasteiger partial charge in [-0.25, -0.2) is 13.4 Å². The van der Waals surface area contributed by atoms with Crippen LogP contribution < -0.4 is 0 Å². The van der Waals surface area contributed by atoms with Crippen LogP contribution in [0.25, 0.3) is 16.9 Å². The van der Waals surface area contributed by atoms with Gasteiger partial charge in [-0.05, 0) is 44.2 Å². The number of likely N-dealkylation sites (N-methyl/N-ethyl adjacent to an activating group) is 1. The van der Waals surface area contributed by atoms with Crippen LogP contribution in [-0.4, -0.2) is 60.2 Å². The van der Waals surface area contributed by atoms with E-state index in [9.17, 15) is 8.42 Å². The molecule has 1 aromatic carbocycles. The van der Waals surface area contributed by atoms with Crippen LogP contribution in [0, 0.1) is 13.8 Å². The molecule has 0 unspecified atom stereocenters. The monoisotopic (exact) mass is 384 g/mol. The second-order valence-corrected chi connectivity index (χ2v) is 9.14. The molecule has 2 aromatic heterocycles. The van der Waals surface area contributed by atoms with Crippen LogP contribution in [0.15, 0.2) is 47.6 Å². The Morgan fingerprint density at radius 3 is 2.44 bits per heavy atom. The van der Waals surface area contributed by atoms with E-state index < -0.39 is 10.0 Å². The lowest BCUT2D eigenvalue weighted by molar-refractivity contribution is 0.222. The molecule has 1 saturated heterocycles. The average Bonchev–Trinajstić information content (AvgIpc) is 3.08. The van der Waals surface area contributed by atoms with Crippen LogP contribution in [0.5, 0.6) is 0 Å². The molecule has 0 radical (unpaired) electrons. The van der Waals surface area contributed by atoms with Gasteiger partial charge in [-0.3, -0.25) is 0 Å². The van der Waals surface area contributed by atoms with E-state index in [2.05, 4.69) is 4.90 Å². The highest BCUT2D eigenvalue weighted by molar-refractivity contribution is 7.89. The lowest BCUT2D eigenvalue weighted by atomic mass is 10.1. The fourth-order valence-corrected chi connectivity index (χ4v) is 5.17. The summed E-state index contributed by atoms with van der Waals surface area (Å²) in [5.74, 6) is 0. The van der Waals surface area contributed by atoms with Gasteiger partial charge in [0.1, 0.15) is 5.65 Å². The van der Waals surface area contributed by atoms with Gasteiger partial charge in [-0.2, -0.15) is 4.31 Å². The van der Waals surface area contributed by atoms with E-state index in [-0.39, 0.29) is 0 Å². The Hall–Kier alpha value is -2.22. The SMILES string of the molecule is Cc1ccc(-c2cn3cccc(C)c3n2)cc1S(=O)(=O)N1CCN(C)CC1. The molecule has 0 saturated carbocycles. The van der Waals surface area contributed by atoms with Crippen molar-refractivity contribution in [2.45, 2.75) is 18.7 Å².